The van der Waals surface area contributed by atoms with Gasteiger partial charge in [0, 0.05) is 41.8 Å². The highest BCUT2D eigenvalue weighted by atomic mass is 35.5. The van der Waals surface area contributed by atoms with Crippen molar-refractivity contribution in [1.82, 2.24) is 20.3 Å². The molecule has 35 heavy (non-hydrogen) atoms. The molecule has 0 saturated carbocycles. The van der Waals surface area contributed by atoms with E-state index in [9.17, 15) is 10.0 Å². The molecule has 1 amide bonds. The van der Waals surface area contributed by atoms with E-state index in [1.54, 1.807) is 37.0 Å². The largest absolute Gasteiger partial charge is 0.497 e. The van der Waals surface area contributed by atoms with Crippen molar-refractivity contribution in [1.29, 1.82) is 0 Å². The van der Waals surface area contributed by atoms with Gasteiger partial charge in [0.2, 0.25) is 5.91 Å². The van der Waals surface area contributed by atoms with Crippen LogP contribution >= 0.6 is 22.9 Å². The number of likely N-dealkylation sites (tertiary alicyclic amines) is 1. The van der Waals surface area contributed by atoms with Crippen LogP contribution in [0.25, 0.3) is 10.9 Å². The van der Waals surface area contributed by atoms with Gasteiger partial charge in [0.25, 0.3) is 0 Å². The van der Waals surface area contributed by atoms with Crippen molar-refractivity contribution < 1.29 is 19.1 Å². The summed E-state index contributed by atoms with van der Waals surface area (Å²) < 4.78 is 20.9. The maximum Gasteiger partial charge on any atom is 0.249 e. The molecule has 0 radical (unpaired) electrons. The number of amides is 1. The van der Waals surface area contributed by atoms with Gasteiger partial charge in [-0.25, -0.2) is 14.9 Å². The first kappa shape index (κ1) is 25.3. The van der Waals surface area contributed by atoms with Crippen LogP contribution in [-0.4, -0.2) is 52.7 Å². The molecule has 3 aromatic rings. The minimum atomic E-state index is -1.41. The monoisotopic (exact) mass is 516 g/mol. The first-order valence-corrected chi connectivity index (χ1v) is 12.5. The summed E-state index contributed by atoms with van der Waals surface area (Å²) in [6, 6.07) is 5.24. The Balaban J connectivity index is 1.46. The Morgan fingerprint density at radius 2 is 2.20 bits per heavy atom. The molecule has 184 valence electrons. The third-order valence-corrected chi connectivity index (χ3v) is 7.57. The zero-order chi connectivity index (χ0) is 24.8. The van der Waals surface area contributed by atoms with Gasteiger partial charge in [-0.15, -0.1) is 11.3 Å². The first-order chi connectivity index (χ1) is 17.0. The lowest BCUT2D eigenvalue weighted by Crippen LogP contribution is -2.48. The number of ether oxygens (including phenoxy) is 1. The van der Waals surface area contributed by atoms with E-state index < -0.39 is 17.5 Å². The summed E-state index contributed by atoms with van der Waals surface area (Å²) in [5, 5.41) is 12.9. The molecule has 10 heteroatoms. The summed E-state index contributed by atoms with van der Waals surface area (Å²) >= 11 is 7.85. The summed E-state index contributed by atoms with van der Waals surface area (Å²) in [6.45, 7) is 1.79. The number of nitrogens with one attached hydrogen (secondary N) is 1. The second-order valence-corrected chi connectivity index (χ2v) is 9.85. The summed E-state index contributed by atoms with van der Waals surface area (Å²) in [7, 11) is 1.54. The molecule has 2 N–H and O–H groups in total. The van der Waals surface area contributed by atoms with Gasteiger partial charge in [0.1, 0.15) is 11.9 Å². The minimum Gasteiger partial charge on any atom is -0.497 e. The number of thiazole rings is 1. The highest BCUT2D eigenvalue weighted by Crippen LogP contribution is 2.42. The number of hydrogen-bond acceptors (Lipinski definition) is 7. The number of fused-ring (bicyclic) bond motifs is 1. The molecule has 1 aliphatic rings. The van der Waals surface area contributed by atoms with Gasteiger partial charge in [0.15, 0.2) is 5.01 Å². The lowest BCUT2D eigenvalue weighted by atomic mass is 9.73. The molecule has 1 saturated heterocycles. The fourth-order valence-corrected chi connectivity index (χ4v) is 5.29. The van der Waals surface area contributed by atoms with Gasteiger partial charge in [-0.2, -0.15) is 0 Å². The second kappa shape index (κ2) is 11.3. The van der Waals surface area contributed by atoms with Crippen molar-refractivity contribution in [2.45, 2.75) is 31.9 Å². The van der Waals surface area contributed by atoms with Gasteiger partial charge in [-0.1, -0.05) is 17.5 Å². The Bertz CT molecular complexity index is 1240. The van der Waals surface area contributed by atoms with Gasteiger partial charge >= 0.3 is 0 Å². The zero-order valence-electron chi connectivity index (χ0n) is 19.3. The fraction of sp³-hybridized carbons (Fsp3) is 0.400. The van der Waals surface area contributed by atoms with Crippen LogP contribution in [0.1, 0.15) is 42.4 Å². The topological polar surface area (TPSA) is 87.6 Å². The van der Waals surface area contributed by atoms with E-state index in [1.807, 2.05) is 5.38 Å². The predicted octanol–water partition coefficient (Wildman–Crippen LogP) is 4.78. The molecule has 7 nitrogen and oxygen atoms in total. The van der Waals surface area contributed by atoms with Crippen molar-refractivity contribution in [2.75, 3.05) is 26.7 Å². The summed E-state index contributed by atoms with van der Waals surface area (Å²) in [5.41, 5.74) is 1.89. The summed E-state index contributed by atoms with van der Waals surface area (Å²) in [4.78, 5) is 23.3. The van der Waals surface area contributed by atoms with E-state index in [1.165, 1.54) is 17.5 Å². The maximum atomic E-state index is 15.7. The summed E-state index contributed by atoms with van der Waals surface area (Å²) in [6.07, 6.45) is 3.07. The number of hydroxylamine groups is 1. The standard InChI is InChI=1S/C25H26ClFN4O3S/c1-34-17-4-5-21-18(15-17)23(19(26)16-29-21)20(27)6-7-25(24(32)30-33)8-12-31(13-9-25)11-2-3-22-28-10-14-35-22/h4-5,10,14-16,20,33H,6-9,11-13H2,1H3,(H,30,32)/t20-/m1/s1. The SMILES string of the molecule is COc1ccc2ncc(Cl)c([C@H](F)CCC3(C(=O)NO)CCN(CC#Cc4nccs4)CC3)c2c1. The molecular weight excluding hydrogens is 491 g/mol. The molecule has 1 aromatic carbocycles. The van der Waals surface area contributed by atoms with Gasteiger partial charge in [-0.05, 0) is 49.8 Å². The molecule has 0 unspecified atom stereocenters. The van der Waals surface area contributed by atoms with Crippen LogP contribution < -0.4 is 10.2 Å². The van der Waals surface area contributed by atoms with Crippen LogP contribution in [0, 0.1) is 17.3 Å². The highest BCUT2D eigenvalue weighted by Gasteiger charge is 2.41. The number of benzene rings is 1. The number of alkyl halides is 1. The average Bonchev–Trinajstić information content (AvgIpc) is 3.40. The van der Waals surface area contributed by atoms with Gasteiger partial charge < -0.3 is 4.74 Å². The molecular formula is C25H26ClFN4O3S. The molecule has 1 atom stereocenters. The molecule has 2 aromatic heterocycles. The van der Waals surface area contributed by atoms with E-state index >= 15 is 4.39 Å². The molecule has 0 spiro atoms. The smallest absolute Gasteiger partial charge is 0.249 e. The number of pyridine rings is 1. The van der Waals surface area contributed by atoms with Gasteiger partial charge in [-0.3, -0.25) is 19.9 Å². The van der Waals surface area contributed by atoms with Crippen LogP contribution in [0.15, 0.2) is 36.0 Å². The first-order valence-electron chi connectivity index (χ1n) is 11.3. The Hall–Kier alpha value is -2.77. The molecule has 0 bridgehead atoms. The highest BCUT2D eigenvalue weighted by molar-refractivity contribution is 7.10. The predicted molar refractivity (Wildman–Crippen MR) is 133 cm³/mol. The van der Waals surface area contributed by atoms with E-state index in [4.69, 9.17) is 16.3 Å². The number of rotatable bonds is 7. The van der Waals surface area contributed by atoms with Crippen LogP contribution in [0.2, 0.25) is 5.02 Å². The van der Waals surface area contributed by atoms with E-state index in [0.717, 1.165) is 5.01 Å². The van der Waals surface area contributed by atoms with Crippen LogP contribution in [0.4, 0.5) is 4.39 Å². The molecule has 0 aliphatic carbocycles. The molecule has 3 heterocycles. The Morgan fingerprint density at radius 3 is 2.89 bits per heavy atom. The Kier molecular flexibility index (Phi) is 8.19. The number of piperidine rings is 1. The van der Waals surface area contributed by atoms with E-state index in [2.05, 4.69) is 26.7 Å². The van der Waals surface area contributed by atoms with E-state index in [-0.39, 0.29) is 17.9 Å². The number of carbonyl (C=O) groups excluding carboxylic acids is 1. The van der Waals surface area contributed by atoms with Crippen molar-refractivity contribution in [3.63, 3.8) is 0 Å². The van der Waals surface area contributed by atoms with Crippen molar-refractivity contribution in [3.8, 4) is 17.6 Å². The number of aromatic nitrogens is 2. The number of hydrogen-bond donors (Lipinski definition) is 2. The van der Waals surface area contributed by atoms with Crippen LogP contribution in [-0.2, 0) is 4.79 Å². The van der Waals surface area contributed by atoms with Crippen LogP contribution in [0.3, 0.4) is 0 Å². The summed E-state index contributed by atoms with van der Waals surface area (Å²) in [5.74, 6) is 6.25. The molecule has 4 rings (SSSR count). The van der Waals surface area contributed by atoms with Gasteiger partial charge in [0.05, 0.1) is 29.6 Å². The van der Waals surface area contributed by atoms with Crippen molar-refractivity contribution in [2.24, 2.45) is 5.41 Å². The third kappa shape index (κ3) is 5.73. The van der Waals surface area contributed by atoms with Crippen molar-refractivity contribution >= 4 is 39.7 Å². The number of methoxy groups -OCH3 is 1. The molecule has 1 fully saturated rings. The average molecular weight is 517 g/mol. The second-order valence-electron chi connectivity index (χ2n) is 8.55. The fourth-order valence-electron chi connectivity index (χ4n) is 4.52. The van der Waals surface area contributed by atoms with Crippen LogP contribution in [0.5, 0.6) is 5.75 Å². The maximum absolute atomic E-state index is 15.7. The number of carbonyl (C=O) groups is 1. The third-order valence-electron chi connectivity index (χ3n) is 6.58. The Morgan fingerprint density at radius 1 is 1.40 bits per heavy atom. The quantitative estimate of drug-likeness (QED) is 0.267. The minimum absolute atomic E-state index is 0.0767. The number of nitrogens with zero attached hydrogens (tertiary/aromatic N) is 3. The normalized spacial score (nSPS) is 16.3. The van der Waals surface area contributed by atoms with E-state index in [0.29, 0.717) is 54.7 Å². The lowest BCUT2D eigenvalue weighted by Gasteiger charge is -2.40. The zero-order valence-corrected chi connectivity index (χ0v) is 20.8. The number of halogens is 2. The Labute approximate surface area is 212 Å². The molecule has 1 aliphatic heterocycles. The van der Waals surface area contributed by atoms with Crippen molar-refractivity contribution in [3.05, 3.63) is 51.6 Å². The lowest BCUT2D eigenvalue weighted by molar-refractivity contribution is -0.143.